The van der Waals surface area contributed by atoms with Gasteiger partial charge in [0.2, 0.25) is 0 Å². The summed E-state index contributed by atoms with van der Waals surface area (Å²) >= 11 is 0. The van der Waals surface area contributed by atoms with Gasteiger partial charge in [0.1, 0.15) is 11.5 Å². The number of ether oxygens (including phenoxy) is 2. The van der Waals surface area contributed by atoms with Gasteiger partial charge in [-0.25, -0.2) is 4.79 Å². The van der Waals surface area contributed by atoms with Crippen molar-refractivity contribution in [1.29, 1.82) is 0 Å². The summed E-state index contributed by atoms with van der Waals surface area (Å²) in [6.45, 7) is 1.80. The molecule has 5 nitrogen and oxygen atoms in total. The fourth-order valence-electron chi connectivity index (χ4n) is 3.04. The molecule has 2 aromatic carbocycles. The Morgan fingerprint density at radius 3 is 2.58 bits per heavy atom. The predicted octanol–water partition coefficient (Wildman–Crippen LogP) is 4.60. The molecule has 1 aliphatic heterocycles. The molecular formula is C21H26N2O3. The maximum absolute atomic E-state index is 11.9. The van der Waals surface area contributed by atoms with Gasteiger partial charge in [-0.2, -0.15) is 0 Å². The highest BCUT2D eigenvalue weighted by molar-refractivity contribution is 5.86. The van der Waals surface area contributed by atoms with Gasteiger partial charge in [-0.05, 0) is 62.2 Å². The molecule has 1 saturated heterocycles. The first-order valence-corrected chi connectivity index (χ1v) is 9.30. The second kappa shape index (κ2) is 9.82. The number of para-hydroxylation sites is 1. The van der Waals surface area contributed by atoms with Crippen LogP contribution in [-0.4, -0.2) is 25.3 Å². The molecule has 0 saturated carbocycles. The number of anilines is 1. The standard InChI is InChI=1S/C21H26N2O3/c24-21(23-18-8-3-1-4-9-18)26-20-12-10-19(11-13-20)25-16-14-17-7-5-2-6-15-22-17/h1,3-4,8-13,17,22H,2,5-7,14-16H2,(H,23,24). The average molecular weight is 354 g/mol. The van der Waals surface area contributed by atoms with E-state index in [4.69, 9.17) is 9.47 Å². The molecule has 0 spiro atoms. The molecule has 2 N–H and O–H groups in total. The van der Waals surface area contributed by atoms with Gasteiger partial charge in [-0.1, -0.05) is 31.0 Å². The maximum atomic E-state index is 11.9. The van der Waals surface area contributed by atoms with E-state index in [-0.39, 0.29) is 0 Å². The smallest absolute Gasteiger partial charge is 0.417 e. The Morgan fingerprint density at radius 2 is 1.77 bits per heavy atom. The van der Waals surface area contributed by atoms with Crippen molar-refractivity contribution >= 4 is 11.8 Å². The van der Waals surface area contributed by atoms with Gasteiger partial charge in [0.15, 0.2) is 0 Å². The van der Waals surface area contributed by atoms with E-state index in [1.165, 1.54) is 25.7 Å². The van der Waals surface area contributed by atoms with Crippen LogP contribution in [0, 0.1) is 0 Å². The Balaban J connectivity index is 1.40. The van der Waals surface area contributed by atoms with Gasteiger partial charge in [0.25, 0.3) is 0 Å². The minimum atomic E-state index is -0.510. The lowest BCUT2D eigenvalue weighted by atomic mass is 10.1. The molecule has 26 heavy (non-hydrogen) atoms. The van der Waals surface area contributed by atoms with Crippen molar-refractivity contribution < 1.29 is 14.3 Å². The number of amides is 1. The zero-order valence-corrected chi connectivity index (χ0v) is 14.9. The van der Waals surface area contributed by atoms with Crippen LogP contribution in [0.5, 0.6) is 11.5 Å². The summed E-state index contributed by atoms with van der Waals surface area (Å²) in [6, 6.07) is 16.9. The summed E-state index contributed by atoms with van der Waals surface area (Å²) < 4.78 is 11.1. The monoisotopic (exact) mass is 354 g/mol. The van der Waals surface area contributed by atoms with E-state index in [1.807, 2.05) is 30.3 Å². The van der Waals surface area contributed by atoms with Crippen LogP contribution in [0.1, 0.15) is 32.1 Å². The number of carbonyl (C=O) groups is 1. The topological polar surface area (TPSA) is 59.6 Å². The third-order valence-corrected chi connectivity index (χ3v) is 4.45. The van der Waals surface area contributed by atoms with Crippen molar-refractivity contribution in [2.45, 2.75) is 38.1 Å². The highest BCUT2D eigenvalue weighted by Gasteiger charge is 2.11. The van der Waals surface area contributed by atoms with Crippen LogP contribution in [-0.2, 0) is 0 Å². The van der Waals surface area contributed by atoms with Gasteiger partial charge >= 0.3 is 6.09 Å². The minimum Gasteiger partial charge on any atom is -0.494 e. The van der Waals surface area contributed by atoms with Gasteiger partial charge in [0.05, 0.1) is 6.61 Å². The third-order valence-electron chi connectivity index (χ3n) is 4.45. The van der Waals surface area contributed by atoms with Crippen LogP contribution < -0.4 is 20.1 Å². The first kappa shape index (κ1) is 18.3. The van der Waals surface area contributed by atoms with Crippen LogP contribution in [0.25, 0.3) is 0 Å². The summed E-state index contributed by atoms with van der Waals surface area (Å²) in [4.78, 5) is 11.9. The quantitative estimate of drug-likeness (QED) is 0.796. The summed E-state index contributed by atoms with van der Waals surface area (Å²) in [5.41, 5.74) is 0.699. The van der Waals surface area contributed by atoms with Crippen LogP contribution in [0.15, 0.2) is 54.6 Å². The zero-order chi connectivity index (χ0) is 18.0. The number of nitrogens with one attached hydrogen (secondary N) is 2. The van der Waals surface area contributed by atoms with E-state index >= 15 is 0 Å². The molecule has 2 aromatic rings. The summed E-state index contributed by atoms with van der Waals surface area (Å²) in [5, 5.41) is 6.26. The highest BCUT2D eigenvalue weighted by Crippen LogP contribution is 2.19. The lowest BCUT2D eigenvalue weighted by molar-refractivity contribution is 0.215. The Hall–Kier alpha value is -2.53. The van der Waals surface area contributed by atoms with E-state index < -0.39 is 6.09 Å². The molecule has 3 rings (SSSR count). The Labute approximate surface area is 154 Å². The second-order valence-electron chi connectivity index (χ2n) is 6.49. The van der Waals surface area contributed by atoms with Crippen molar-refractivity contribution in [2.24, 2.45) is 0 Å². The predicted molar refractivity (Wildman–Crippen MR) is 103 cm³/mol. The Bertz CT molecular complexity index is 665. The van der Waals surface area contributed by atoms with Crippen LogP contribution in [0.4, 0.5) is 10.5 Å². The van der Waals surface area contributed by atoms with Crippen LogP contribution in [0.3, 0.4) is 0 Å². The molecule has 1 amide bonds. The van der Waals surface area contributed by atoms with Crippen molar-refractivity contribution in [3.63, 3.8) is 0 Å². The summed E-state index contributed by atoms with van der Waals surface area (Å²) in [7, 11) is 0. The lowest BCUT2D eigenvalue weighted by Crippen LogP contribution is -2.29. The van der Waals surface area contributed by atoms with Gasteiger partial charge in [0, 0.05) is 11.7 Å². The Kier molecular flexibility index (Phi) is 6.90. The molecule has 0 aromatic heterocycles. The van der Waals surface area contributed by atoms with Crippen molar-refractivity contribution in [1.82, 2.24) is 5.32 Å². The van der Waals surface area contributed by atoms with E-state index in [9.17, 15) is 4.79 Å². The number of carbonyl (C=O) groups excluding carboxylic acids is 1. The van der Waals surface area contributed by atoms with Crippen LogP contribution in [0.2, 0.25) is 0 Å². The fourth-order valence-corrected chi connectivity index (χ4v) is 3.04. The molecule has 1 heterocycles. The SMILES string of the molecule is O=C(Nc1ccccc1)Oc1ccc(OCCC2CCCCCN2)cc1. The molecule has 138 valence electrons. The van der Waals surface area contributed by atoms with E-state index in [1.54, 1.807) is 24.3 Å². The fraction of sp³-hybridized carbons (Fsp3) is 0.381. The molecule has 1 fully saturated rings. The minimum absolute atomic E-state index is 0.483. The molecular weight excluding hydrogens is 328 g/mol. The molecule has 0 radical (unpaired) electrons. The summed E-state index contributed by atoms with van der Waals surface area (Å²) in [6.07, 6.45) is 5.63. The molecule has 0 bridgehead atoms. The molecule has 1 unspecified atom stereocenters. The van der Waals surface area contributed by atoms with E-state index in [0.717, 1.165) is 18.7 Å². The number of hydrogen-bond donors (Lipinski definition) is 2. The van der Waals surface area contributed by atoms with Gasteiger partial charge in [-0.15, -0.1) is 0 Å². The average Bonchev–Trinajstić information content (AvgIpc) is 2.93. The van der Waals surface area contributed by atoms with E-state index in [2.05, 4.69) is 10.6 Å². The van der Waals surface area contributed by atoms with Crippen LogP contribution >= 0.6 is 0 Å². The third kappa shape index (κ3) is 6.08. The first-order chi connectivity index (χ1) is 12.8. The first-order valence-electron chi connectivity index (χ1n) is 9.30. The normalized spacial score (nSPS) is 17.2. The molecule has 5 heteroatoms. The molecule has 0 aliphatic carbocycles. The Morgan fingerprint density at radius 1 is 1.00 bits per heavy atom. The van der Waals surface area contributed by atoms with Gasteiger partial charge in [-0.3, -0.25) is 5.32 Å². The second-order valence-corrected chi connectivity index (χ2v) is 6.49. The lowest BCUT2D eigenvalue weighted by Gasteiger charge is -2.16. The van der Waals surface area contributed by atoms with Crippen molar-refractivity contribution in [3.05, 3.63) is 54.6 Å². The largest absolute Gasteiger partial charge is 0.494 e. The van der Waals surface area contributed by atoms with Gasteiger partial charge < -0.3 is 14.8 Å². The maximum Gasteiger partial charge on any atom is 0.417 e. The summed E-state index contributed by atoms with van der Waals surface area (Å²) in [5.74, 6) is 1.27. The number of benzene rings is 2. The van der Waals surface area contributed by atoms with E-state index in [0.29, 0.717) is 24.1 Å². The molecule has 1 aliphatic rings. The van der Waals surface area contributed by atoms with Crippen molar-refractivity contribution in [2.75, 3.05) is 18.5 Å². The number of hydrogen-bond acceptors (Lipinski definition) is 4. The number of rotatable bonds is 6. The highest BCUT2D eigenvalue weighted by atomic mass is 16.6. The molecule has 1 atom stereocenters. The zero-order valence-electron chi connectivity index (χ0n) is 14.9. The van der Waals surface area contributed by atoms with Crippen molar-refractivity contribution in [3.8, 4) is 11.5 Å².